The van der Waals surface area contributed by atoms with Gasteiger partial charge in [-0.15, -0.1) is 0 Å². The first-order chi connectivity index (χ1) is 9.67. The SMILES string of the molecule is CC(C)(c1ccc(O)cc1)c1c(F)c(F)c(O)c(F)c1F. The number of halogens is 4. The Morgan fingerprint density at radius 1 is 0.762 bits per heavy atom. The van der Waals surface area contributed by atoms with Crippen molar-refractivity contribution in [2.45, 2.75) is 19.3 Å². The van der Waals surface area contributed by atoms with Gasteiger partial charge in [-0.3, -0.25) is 0 Å². The Labute approximate surface area is 118 Å². The number of phenols is 2. The van der Waals surface area contributed by atoms with Gasteiger partial charge in [0.1, 0.15) is 5.75 Å². The second-order valence-electron chi connectivity index (χ2n) is 5.15. The summed E-state index contributed by atoms with van der Waals surface area (Å²) < 4.78 is 54.9. The van der Waals surface area contributed by atoms with Crippen LogP contribution < -0.4 is 0 Å². The molecule has 0 amide bonds. The molecule has 0 aliphatic carbocycles. The topological polar surface area (TPSA) is 40.5 Å². The van der Waals surface area contributed by atoms with Crippen molar-refractivity contribution in [1.29, 1.82) is 0 Å². The molecule has 0 aliphatic rings. The minimum atomic E-state index is -1.84. The van der Waals surface area contributed by atoms with Gasteiger partial charge in [0.05, 0.1) is 0 Å². The van der Waals surface area contributed by atoms with Crippen LogP contribution in [-0.4, -0.2) is 10.2 Å². The van der Waals surface area contributed by atoms with Crippen molar-refractivity contribution in [2.75, 3.05) is 0 Å². The number of hydrogen-bond acceptors (Lipinski definition) is 2. The highest BCUT2D eigenvalue weighted by Crippen LogP contribution is 2.39. The van der Waals surface area contributed by atoms with Crippen LogP contribution in [0.5, 0.6) is 11.5 Å². The second kappa shape index (κ2) is 4.95. The van der Waals surface area contributed by atoms with Crippen LogP contribution in [0.2, 0.25) is 0 Å². The first-order valence-electron chi connectivity index (χ1n) is 6.02. The van der Waals surface area contributed by atoms with Gasteiger partial charge in [-0.2, -0.15) is 8.78 Å². The lowest BCUT2D eigenvalue weighted by Crippen LogP contribution is -2.24. The van der Waals surface area contributed by atoms with Crippen molar-refractivity contribution in [1.82, 2.24) is 0 Å². The predicted molar refractivity (Wildman–Crippen MR) is 68.2 cm³/mol. The van der Waals surface area contributed by atoms with Crippen molar-refractivity contribution in [3.05, 3.63) is 58.7 Å². The highest BCUT2D eigenvalue weighted by atomic mass is 19.2. The van der Waals surface area contributed by atoms with Crippen LogP contribution in [-0.2, 0) is 5.41 Å². The quantitative estimate of drug-likeness (QED) is 0.650. The maximum Gasteiger partial charge on any atom is 0.204 e. The fraction of sp³-hybridized carbons (Fsp3) is 0.200. The van der Waals surface area contributed by atoms with Crippen molar-refractivity contribution in [3.8, 4) is 11.5 Å². The summed E-state index contributed by atoms with van der Waals surface area (Å²) in [5.41, 5.74) is -1.92. The number of benzene rings is 2. The van der Waals surface area contributed by atoms with E-state index in [-0.39, 0.29) is 5.75 Å². The third-order valence-electron chi connectivity index (χ3n) is 3.45. The molecular weight excluding hydrogens is 288 g/mol. The summed E-state index contributed by atoms with van der Waals surface area (Å²) in [7, 11) is 0. The Balaban J connectivity index is 2.73. The summed E-state index contributed by atoms with van der Waals surface area (Å²) in [5.74, 6) is -8.71. The molecule has 0 aliphatic heterocycles. The van der Waals surface area contributed by atoms with E-state index >= 15 is 0 Å². The van der Waals surface area contributed by atoms with E-state index in [9.17, 15) is 22.7 Å². The number of rotatable bonds is 2. The van der Waals surface area contributed by atoms with Gasteiger partial charge in [-0.25, -0.2) is 8.78 Å². The molecule has 0 saturated heterocycles. The lowest BCUT2D eigenvalue weighted by atomic mass is 9.77. The van der Waals surface area contributed by atoms with Gasteiger partial charge in [0.2, 0.25) is 11.6 Å². The monoisotopic (exact) mass is 300 g/mol. The molecule has 2 N–H and O–H groups in total. The van der Waals surface area contributed by atoms with Gasteiger partial charge in [0.15, 0.2) is 17.4 Å². The molecule has 112 valence electrons. The van der Waals surface area contributed by atoms with Crippen molar-refractivity contribution in [3.63, 3.8) is 0 Å². The fourth-order valence-electron chi connectivity index (χ4n) is 2.19. The molecule has 2 nitrogen and oxygen atoms in total. The van der Waals surface area contributed by atoms with E-state index in [1.54, 1.807) is 0 Å². The van der Waals surface area contributed by atoms with Crippen molar-refractivity contribution >= 4 is 0 Å². The second-order valence-corrected chi connectivity index (χ2v) is 5.15. The molecular formula is C15H12F4O2. The van der Waals surface area contributed by atoms with Gasteiger partial charge in [0, 0.05) is 11.0 Å². The van der Waals surface area contributed by atoms with Crippen LogP contribution in [0.4, 0.5) is 17.6 Å². The van der Waals surface area contributed by atoms with Crippen LogP contribution >= 0.6 is 0 Å². The van der Waals surface area contributed by atoms with Crippen LogP contribution in [0, 0.1) is 23.3 Å². The largest absolute Gasteiger partial charge is 0.508 e. The zero-order valence-corrected chi connectivity index (χ0v) is 11.2. The minimum absolute atomic E-state index is 0.0569. The molecule has 0 unspecified atom stereocenters. The molecule has 0 radical (unpaired) electrons. The molecule has 0 spiro atoms. The molecule has 0 saturated carbocycles. The first kappa shape index (κ1) is 15.2. The summed E-state index contributed by atoms with van der Waals surface area (Å²) in [6, 6.07) is 5.35. The average Bonchev–Trinajstić information content (AvgIpc) is 2.43. The maximum atomic E-state index is 14.0. The molecule has 0 atom stereocenters. The molecule has 0 fully saturated rings. The molecule has 2 aromatic rings. The fourth-order valence-corrected chi connectivity index (χ4v) is 2.19. The molecule has 0 bridgehead atoms. The van der Waals surface area contributed by atoms with E-state index in [0.29, 0.717) is 5.56 Å². The highest BCUT2D eigenvalue weighted by molar-refractivity contribution is 5.44. The Hall–Kier alpha value is -2.24. The molecule has 21 heavy (non-hydrogen) atoms. The Morgan fingerprint density at radius 3 is 1.62 bits per heavy atom. The third kappa shape index (κ3) is 2.30. The van der Waals surface area contributed by atoms with Gasteiger partial charge >= 0.3 is 0 Å². The summed E-state index contributed by atoms with van der Waals surface area (Å²) in [6.07, 6.45) is 0. The number of hydrogen-bond donors (Lipinski definition) is 2. The number of aromatic hydroxyl groups is 2. The lowest BCUT2D eigenvalue weighted by molar-refractivity contribution is 0.342. The summed E-state index contributed by atoms with van der Waals surface area (Å²) in [4.78, 5) is 0. The molecule has 0 heterocycles. The zero-order chi connectivity index (χ0) is 15.9. The van der Waals surface area contributed by atoms with Gasteiger partial charge in [-0.1, -0.05) is 26.0 Å². The summed E-state index contributed by atoms with van der Waals surface area (Å²) in [6.45, 7) is 2.74. The minimum Gasteiger partial charge on any atom is -0.508 e. The molecule has 2 aromatic carbocycles. The van der Waals surface area contributed by atoms with E-state index in [2.05, 4.69) is 0 Å². The average molecular weight is 300 g/mol. The normalized spacial score (nSPS) is 11.7. The lowest BCUT2D eigenvalue weighted by Gasteiger charge is -2.27. The van der Waals surface area contributed by atoms with E-state index in [0.717, 1.165) is 0 Å². The predicted octanol–water partition coefficient (Wildman–Crippen LogP) is 3.98. The third-order valence-corrected chi connectivity index (χ3v) is 3.45. The summed E-state index contributed by atoms with van der Waals surface area (Å²) in [5, 5.41) is 18.2. The van der Waals surface area contributed by atoms with E-state index < -0.39 is 40.0 Å². The van der Waals surface area contributed by atoms with E-state index in [1.165, 1.54) is 38.1 Å². The van der Waals surface area contributed by atoms with Crippen LogP contribution in [0.3, 0.4) is 0 Å². The van der Waals surface area contributed by atoms with Gasteiger partial charge in [0.25, 0.3) is 0 Å². The Morgan fingerprint density at radius 2 is 1.19 bits per heavy atom. The Kier molecular flexibility index (Phi) is 3.57. The van der Waals surface area contributed by atoms with E-state index in [1.807, 2.05) is 0 Å². The first-order valence-corrected chi connectivity index (χ1v) is 6.02. The smallest absolute Gasteiger partial charge is 0.204 e. The zero-order valence-electron chi connectivity index (χ0n) is 11.2. The van der Waals surface area contributed by atoms with Crippen LogP contribution in [0.1, 0.15) is 25.0 Å². The number of phenolic OH excluding ortho intramolecular Hbond substituents is 2. The van der Waals surface area contributed by atoms with Crippen LogP contribution in [0.15, 0.2) is 24.3 Å². The highest BCUT2D eigenvalue weighted by Gasteiger charge is 2.35. The summed E-state index contributed by atoms with van der Waals surface area (Å²) >= 11 is 0. The molecule has 2 rings (SSSR count). The van der Waals surface area contributed by atoms with Crippen LogP contribution in [0.25, 0.3) is 0 Å². The Bertz CT molecular complexity index is 665. The molecule has 6 heteroatoms. The maximum absolute atomic E-state index is 14.0. The van der Waals surface area contributed by atoms with Crippen molar-refractivity contribution < 1.29 is 27.8 Å². The van der Waals surface area contributed by atoms with E-state index in [4.69, 9.17) is 5.11 Å². The van der Waals surface area contributed by atoms with Gasteiger partial charge in [-0.05, 0) is 17.7 Å². The van der Waals surface area contributed by atoms with Gasteiger partial charge < -0.3 is 10.2 Å². The molecule has 0 aromatic heterocycles. The standard InChI is InChI=1S/C15H12F4O2/c1-15(2,7-3-5-8(20)6-4-7)9-10(16)12(18)14(21)13(19)11(9)17/h3-6,20-21H,1-2H3. The van der Waals surface area contributed by atoms with Crippen molar-refractivity contribution in [2.24, 2.45) is 0 Å².